The number of carbonyl (C=O) groups excluding carboxylic acids is 1. The first-order valence-corrected chi connectivity index (χ1v) is 10.5. The van der Waals surface area contributed by atoms with Crippen LogP contribution >= 0.6 is 11.6 Å². The summed E-state index contributed by atoms with van der Waals surface area (Å²) >= 11 is 6.23. The van der Waals surface area contributed by atoms with Crippen molar-refractivity contribution in [3.63, 3.8) is 0 Å². The molecule has 1 atom stereocenters. The van der Waals surface area contributed by atoms with E-state index in [0.717, 1.165) is 38.2 Å². The molecule has 1 aromatic heterocycles. The summed E-state index contributed by atoms with van der Waals surface area (Å²) in [6.45, 7) is 5.89. The van der Waals surface area contributed by atoms with Crippen LogP contribution in [-0.4, -0.2) is 54.7 Å². The predicted octanol–water partition coefficient (Wildman–Crippen LogP) is 3.33. The summed E-state index contributed by atoms with van der Waals surface area (Å²) in [6, 6.07) is 9.17. The van der Waals surface area contributed by atoms with Crippen molar-refractivity contribution >= 4 is 17.5 Å². The molecule has 1 aromatic carbocycles. The van der Waals surface area contributed by atoms with Gasteiger partial charge in [0.15, 0.2) is 11.5 Å². The van der Waals surface area contributed by atoms with E-state index in [2.05, 4.69) is 15.2 Å². The summed E-state index contributed by atoms with van der Waals surface area (Å²) in [5.41, 5.74) is 1.41. The van der Waals surface area contributed by atoms with Crippen LogP contribution in [0.3, 0.4) is 0 Å². The number of aryl methyl sites for hydroxylation is 1. The fraction of sp³-hybridized carbons (Fsp3) is 0.455. The predicted molar refractivity (Wildman–Crippen MR) is 112 cm³/mol. The number of amides is 1. The summed E-state index contributed by atoms with van der Waals surface area (Å²) < 4.78 is 11.9. The number of hydrogen-bond donors (Lipinski definition) is 1. The number of carbonyl (C=O) groups is 1. The maximum atomic E-state index is 12.4. The molecule has 0 unspecified atom stereocenters. The van der Waals surface area contributed by atoms with Crippen LogP contribution in [0.5, 0.6) is 11.5 Å². The number of para-hydroxylation sites is 1. The van der Waals surface area contributed by atoms with Crippen molar-refractivity contribution in [1.29, 1.82) is 0 Å². The lowest BCUT2D eigenvalue weighted by Gasteiger charge is -2.35. The van der Waals surface area contributed by atoms with E-state index in [1.807, 2.05) is 31.2 Å². The summed E-state index contributed by atoms with van der Waals surface area (Å²) in [4.78, 5) is 18.9. The van der Waals surface area contributed by atoms with Gasteiger partial charge in [-0.15, -0.1) is 0 Å². The van der Waals surface area contributed by atoms with Gasteiger partial charge in [-0.25, -0.2) is 0 Å². The third-order valence-corrected chi connectivity index (χ3v) is 5.91. The minimum Gasteiger partial charge on any atom is -0.486 e. The van der Waals surface area contributed by atoms with Gasteiger partial charge in [-0.05, 0) is 63.0 Å². The number of piperidine rings is 1. The number of aromatic nitrogens is 1. The second kappa shape index (κ2) is 9.01. The molecule has 0 saturated carbocycles. The molecule has 2 aliphatic rings. The lowest BCUT2D eigenvalue weighted by atomic mass is 9.96. The Balaban J connectivity index is 1.22. The summed E-state index contributed by atoms with van der Waals surface area (Å²) in [5, 5.41) is 3.65. The lowest BCUT2D eigenvalue weighted by Crippen LogP contribution is -2.45. The van der Waals surface area contributed by atoms with E-state index in [4.69, 9.17) is 21.1 Å². The Morgan fingerprint density at radius 1 is 1.28 bits per heavy atom. The van der Waals surface area contributed by atoms with Gasteiger partial charge in [-0.3, -0.25) is 14.7 Å². The number of hydrogen-bond acceptors (Lipinski definition) is 5. The van der Waals surface area contributed by atoms with Crippen molar-refractivity contribution in [2.75, 3.05) is 32.8 Å². The van der Waals surface area contributed by atoms with Crippen LogP contribution in [0.2, 0.25) is 5.02 Å². The molecule has 1 N–H and O–H groups in total. The third-order valence-electron chi connectivity index (χ3n) is 5.61. The van der Waals surface area contributed by atoms with Crippen molar-refractivity contribution in [3.05, 3.63) is 52.8 Å². The Labute approximate surface area is 176 Å². The average molecular weight is 416 g/mol. The van der Waals surface area contributed by atoms with Crippen molar-refractivity contribution in [2.45, 2.75) is 25.9 Å². The largest absolute Gasteiger partial charge is 0.486 e. The molecule has 1 saturated heterocycles. The Bertz CT molecular complexity index is 868. The van der Waals surface area contributed by atoms with Crippen molar-refractivity contribution in [1.82, 2.24) is 15.2 Å². The molecular formula is C22H26ClN3O3. The van der Waals surface area contributed by atoms with Crippen molar-refractivity contribution in [3.8, 4) is 11.5 Å². The quantitative estimate of drug-likeness (QED) is 0.811. The fourth-order valence-corrected chi connectivity index (χ4v) is 4.12. The van der Waals surface area contributed by atoms with Gasteiger partial charge >= 0.3 is 0 Å². The second-order valence-corrected chi connectivity index (χ2v) is 8.12. The molecule has 1 fully saturated rings. The van der Waals surface area contributed by atoms with Crippen LogP contribution in [0.1, 0.15) is 28.9 Å². The molecule has 3 heterocycles. The minimum atomic E-state index is -0.0404. The molecule has 6 nitrogen and oxygen atoms in total. The molecule has 154 valence electrons. The number of rotatable bonds is 5. The zero-order valence-electron chi connectivity index (χ0n) is 16.6. The number of ether oxygens (including phenoxy) is 2. The molecule has 0 aliphatic carbocycles. The highest BCUT2D eigenvalue weighted by molar-refractivity contribution is 6.32. The van der Waals surface area contributed by atoms with Gasteiger partial charge < -0.3 is 14.8 Å². The molecule has 0 spiro atoms. The first-order valence-electron chi connectivity index (χ1n) is 10.1. The third kappa shape index (κ3) is 4.82. The van der Waals surface area contributed by atoms with Crippen molar-refractivity contribution < 1.29 is 14.3 Å². The summed E-state index contributed by atoms with van der Waals surface area (Å²) in [6.07, 6.45) is 3.79. The second-order valence-electron chi connectivity index (χ2n) is 7.71. The Morgan fingerprint density at radius 2 is 2.10 bits per heavy atom. The first-order chi connectivity index (χ1) is 14.1. The van der Waals surface area contributed by atoms with Gasteiger partial charge in [0.25, 0.3) is 5.91 Å². The van der Waals surface area contributed by atoms with E-state index >= 15 is 0 Å². The van der Waals surface area contributed by atoms with Crippen LogP contribution in [0.15, 0.2) is 36.5 Å². The van der Waals surface area contributed by atoms with Crippen LogP contribution in [0.4, 0.5) is 0 Å². The highest BCUT2D eigenvalue weighted by Gasteiger charge is 2.27. The van der Waals surface area contributed by atoms with Gasteiger partial charge in [-0.2, -0.15) is 0 Å². The minimum absolute atomic E-state index is 0.0211. The number of nitrogens with one attached hydrogen (secondary N) is 1. The van der Waals surface area contributed by atoms with E-state index in [-0.39, 0.29) is 12.0 Å². The van der Waals surface area contributed by atoms with Gasteiger partial charge in [0.2, 0.25) is 0 Å². The first kappa shape index (κ1) is 20.0. The monoisotopic (exact) mass is 415 g/mol. The molecule has 0 radical (unpaired) electrons. The Hall–Kier alpha value is -2.31. The van der Waals surface area contributed by atoms with E-state index in [0.29, 0.717) is 41.2 Å². The summed E-state index contributed by atoms with van der Waals surface area (Å²) in [7, 11) is 0. The molecular weight excluding hydrogens is 390 g/mol. The zero-order chi connectivity index (χ0) is 20.2. The Kier molecular flexibility index (Phi) is 6.21. The lowest BCUT2D eigenvalue weighted by molar-refractivity contribution is 0.0477. The SMILES string of the molecule is Cc1ncccc1C(=O)NCC1CCN(C[C@H]2COc3cccc(Cl)c3O2)CC1. The highest BCUT2D eigenvalue weighted by Crippen LogP contribution is 2.38. The zero-order valence-corrected chi connectivity index (χ0v) is 17.3. The van der Waals surface area contributed by atoms with Gasteiger partial charge in [-0.1, -0.05) is 17.7 Å². The van der Waals surface area contributed by atoms with E-state index < -0.39 is 0 Å². The van der Waals surface area contributed by atoms with Crippen LogP contribution in [-0.2, 0) is 0 Å². The molecule has 2 aromatic rings. The van der Waals surface area contributed by atoms with E-state index in [1.165, 1.54) is 0 Å². The standard InChI is InChI=1S/C22H26ClN3O3/c1-15-18(4-3-9-24-15)22(27)25-12-16-7-10-26(11-8-16)13-17-14-28-20-6-2-5-19(23)21(20)29-17/h2-6,9,16-17H,7-8,10-14H2,1H3,(H,25,27)/t17-/m0/s1. The molecule has 0 bridgehead atoms. The normalized spacial score (nSPS) is 19.7. The number of benzene rings is 1. The number of halogens is 1. The topological polar surface area (TPSA) is 63.7 Å². The molecule has 4 rings (SSSR count). The number of nitrogens with zero attached hydrogens (tertiary/aromatic N) is 2. The molecule has 29 heavy (non-hydrogen) atoms. The van der Waals surface area contributed by atoms with Crippen LogP contribution < -0.4 is 14.8 Å². The molecule has 7 heteroatoms. The van der Waals surface area contributed by atoms with E-state index in [1.54, 1.807) is 12.3 Å². The van der Waals surface area contributed by atoms with Gasteiger partial charge in [0.1, 0.15) is 12.7 Å². The van der Waals surface area contributed by atoms with Crippen LogP contribution in [0, 0.1) is 12.8 Å². The number of pyridine rings is 1. The maximum Gasteiger partial charge on any atom is 0.253 e. The number of fused-ring (bicyclic) bond motifs is 1. The molecule has 1 amide bonds. The van der Waals surface area contributed by atoms with Gasteiger partial charge in [0, 0.05) is 25.0 Å². The van der Waals surface area contributed by atoms with Crippen molar-refractivity contribution in [2.24, 2.45) is 5.92 Å². The summed E-state index contributed by atoms with van der Waals surface area (Å²) in [5.74, 6) is 1.81. The highest BCUT2D eigenvalue weighted by atomic mass is 35.5. The van der Waals surface area contributed by atoms with Gasteiger partial charge in [0.05, 0.1) is 10.6 Å². The smallest absolute Gasteiger partial charge is 0.253 e. The molecule has 2 aliphatic heterocycles. The average Bonchev–Trinajstić information content (AvgIpc) is 2.74. The fourth-order valence-electron chi connectivity index (χ4n) is 3.91. The Morgan fingerprint density at radius 3 is 2.90 bits per heavy atom. The maximum absolute atomic E-state index is 12.4. The van der Waals surface area contributed by atoms with Crippen LogP contribution in [0.25, 0.3) is 0 Å². The number of likely N-dealkylation sites (tertiary alicyclic amines) is 1. The van der Waals surface area contributed by atoms with E-state index in [9.17, 15) is 4.79 Å².